The van der Waals surface area contributed by atoms with Crippen LogP contribution in [0.5, 0.6) is 5.75 Å². The van der Waals surface area contributed by atoms with Crippen LogP contribution in [0.1, 0.15) is 37.8 Å². The SMILES string of the molecule is COc1ccc2c(c1)CCc1cc(C(=O)OCc3c(C)noc3C)sc1-2. The molecule has 3 aromatic rings. The molecule has 0 bridgehead atoms. The summed E-state index contributed by atoms with van der Waals surface area (Å²) in [7, 11) is 1.67. The molecule has 0 saturated carbocycles. The largest absolute Gasteiger partial charge is 0.497 e. The summed E-state index contributed by atoms with van der Waals surface area (Å²) >= 11 is 1.49. The zero-order valence-corrected chi connectivity index (χ0v) is 15.7. The average Bonchev–Trinajstić information content (AvgIpc) is 3.23. The summed E-state index contributed by atoms with van der Waals surface area (Å²) in [5, 5.41) is 3.89. The molecule has 0 spiro atoms. The second-order valence-electron chi connectivity index (χ2n) is 6.37. The van der Waals surface area contributed by atoms with Gasteiger partial charge in [0.05, 0.1) is 18.4 Å². The van der Waals surface area contributed by atoms with E-state index in [1.54, 1.807) is 7.11 Å². The van der Waals surface area contributed by atoms with Crippen molar-refractivity contribution in [1.82, 2.24) is 5.16 Å². The third-order valence-corrected chi connectivity index (χ3v) is 5.95. The molecule has 4 rings (SSSR count). The number of hydrogen-bond acceptors (Lipinski definition) is 6. The van der Waals surface area contributed by atoms with Crippen LogP contribution in [0.3, 0.4) is 0 Å². The highest BCUT2D eigenvalue weighted by molar-refractivity contribution is 7.17. The Morgan fingerprint density at radius 1 is 1.23 bits per heavy atom. The molecule has 0 fully saturated rings. The molecule has 6 heteroatoms. The van der Waals surface area contributed by atoms with E-state index in [2.05, 4.69) is 17.3 Å². The van der Waals surface area contributed by atoms with E-state index in [0.717, 1.165) is 34.7 Å². The molecule has 0 unspecified atom stereocenters. The molecular formula is C20H19NO4S. The van der Waals surface area contributed by atoms with Crippen LogP contribution >= 0.6 is 11.3 Å². The molecule has 1 aliphatic carbocycles. The van der Waals surface area contributed by atoms with E-state index in [1.165, 1.54) is 28.0 Å². The van der Waals surface area contributed by atoms with Gasteiger partial charge in [-0.2, -0.15) is 0 Å². The van der Waals surface area contributed by atoms with Crippen molar-refractivity contribution in [3.05, 3.63) is 57.3 Å². The van der Waals surface area contributed by atoms with Crippen LogP contribution in [0.15, 0.2) is 28.8 Å². The maximum absolute atomic E-state index is 12.5. The van der Waals surface area contributed by atoms with Gasteiger partial charge in [-0.25, -0.2) is 4.79 Å². The zero-order valence-electron chi connectivity index (χ0n) is 14.9. The first kappa shape index (κ1) is 16.8. The molecule has 1 aliphatic rings. The Balaban J connectivity index is 1.56. The Bertz CT molecular complexity index is 966. The first-order valence-electron chi connectivity index (χ1n) is 8.45. The maximum atomic E-state index is 12.5. The van der Waals surface area contributed by atoms with Gasteiger partial charge in [0.2, 0.25) is 0 Å². The fourth-order valence-electron chi connectivity index (χ4n) is 3.25. The van der Waals surface area contributed by atoms with Crippen molar-refractivity contribution in [2.24, 2.45) is 0 Å². The molecular weight excluding hydrogens is 350 g/mol. The van der Waals surface area contributed by atoms with Crippen LogP contribution in [0, 0.1) is 13.8 Å². The minimum atomic E-state index is -0.306. The normalized spacial score (nSPS) is 12.4. The number of esters is 1. The van der Waals surface area contributed by atoms with Crippen LogP contribution < -0.4 is 4.74 Å². The van der Waals surface area contributed by atoms with Gasteiger partial charge in [-0.1, -0.05) is 5.16 Å². The lowest BCUT2D eigenvalue weighted by molar-refractivity contribution is 0.0476. The second-order valence-corrected chi connectivity index (χ2v) is 7.42. The lowest BCUT2D eigenvalue weighted by Gasteiger charge is -2.16. The second kappa shape index (κ2) is 6.61. The first-order chi connectivity index (χ1) is 12.6. The number of aryl methyl sites for hydroxylation is 4. The van der Waals surface area contributed by atoms with Crippen molar-refractivity contribution in [2.45, 2.75) is 33.3 Å². The molecule has 26 heavy (non-hydrogen) atoms. The smallest absolute Gasteiger partial charge is 0.348 e. The highest BCUT2D eigenvalue weighted by Crippen LogP contribution is 2.41. The van der Waals surface area contributed by atoms with Crippen LogP contribution in [0.4, 0.5) is 0 Å². The van der Waals surface area contributed by atoms with Crippen molar-refractivity contribution in [2.75, 3.05) is 7.11 Å². The third kappa shape index (κ3) is 2.90. The number of benzene rings is 1. The zero-order chi connectivity index (χ0) is 18.3. The number of aromatic nitrogens is 1. The molecule has 2 aromatic heterocycles. The summed E-state index contributed by atoms with van der Waals surface area (Å²) in [5.41, 5.74) is 5.23. The highest BCUT2D eigenvalue weighted by atomic mass is 32.1. The van der Waals surface area contributed by atoms with E-state index < -0.39 is 0 Å². The summed E-state index contributed by atoms with van der Waals surface area (Å²) in [4.78, 5) is 14.3. The van der Waals surface area contributed by atoms with E-state index in [9.17, 15) is 4.79 Å². The van der Waals surface area contributed by atoms with Gasteiger partial charge in [-0.3, -0.25) is 0 Å². The maximum Gasteiger partial charge on any atom is 0.348 e. The van der Waals surface area contributed by atoms with Gasteiger partial charge >= 0.3 is 5.97 Å². The van der Waals surface area contributed by atoms with E-state index in [1.807, 2.05) is 26.0 Å². The molecule has 0 aliphatic heterocycles. The Morgan fingerprint density at radius 3 is 2.77 bits per heavy atom. The molecule has 0 amide bonds. The van der Waals surface area contributed by atoms with Gasteiger partial charge < -0.3 is 14.0 Å². The fraction of sp³-hybridized carbons (Fsp3) is 0.300. The van der Waals surface area contributed by atoms with Crippen LogP contribution in [-0.4, -0.2) is 18.2 Å². The molecule has 5 nitrogen and oxygen atoms in total. The molecule has 1 aromatic carbocycles. The lowest BCUT2D eigenvalue weighted by Crippen LogP contribution is -2.04. The monoisotopic (exact) mass is 369 g/mol. The summed E-state index contributed by atoms with van der Waals surface area (Å²) in [6, 6.07) is 8.07. The molecule has 2 heterocycles. The number of carbonyl (C=O) groups excluding carboxylic acids is 1. The fourth-order valence-corrected chi connectivity index (χ4v) is 4.42. The van der Waals surface area contributed by atoms with Gasteiger partial charge in [-0.15, -0.1) is 11.3 Å². The van der Waals surface area contributed by atoms with Gasteiger partial charge in [0.1, 0.15) is 23.0 Å². The Morgan fingerprint density at radius 2 is 2.04 bits per heavy atom. The number of rotatable bonds is 4. The number of thiophene rings is 1. The van der Waals surface area contributed by atoms with E-state index in [-0.39, 0.29) is 12.6 Å². The number of nitrogens with zero attached hydrogens (tertiary/aromatic N) is 1. The predicted molar refractivity (Wildman–Crippen MR) is 98.8 cm³/mol. The molecule has 0 radical (unpaired) electrons. The molecule has 134 valence electrons. The molecule has 0 saturated heterocycles. The minimum Gasteiger partial charge on any atom is -0.497 e. The standard InChI is InChI=1S/C20H19NO4S/c1-11-17(12(2)25-21-11)10-24-20(22)18-9-14-5-4-13-8-15(23-3)6-7-16(13)19(14)26-18/h6-9H,4-5,10H2,1-3H3. The summed E-state index contributed by atoms with van der Waals surface area (Å²) in [6.45, 7) is 3.84. The van der Waals surface area contributed by atoms with Gasteiger partial charge in [0, 0.05) is 4.88 Å². The van der Waals surface area contributed by atoms with E-state index >= 15 is 0 Å². The molecule has 0 atom stereocenters. The number of methoxy groups -OCH3 is 1. The quantitative estimate of drug-likeness (QED) is 0.634. The Hall–Kier alpha value is -2.60. The van der Waals surface area contributed by atoms with Crippen LogP contribution in [0.2, 0.25) is 0 Å². The van der Waals surface area contributed by atoms with Crippen molar-refractivity contribution < 1.29 is 18.8 Å². The van der Waals surface area contributed by atoms with Gasteiger partial charge in [0.15, 0.2) is 0 Å². The number of hydrogen-bond donors (Lipinski definition) is 0. The Kier molecular flexibility index (Phi) is 4.28. The lowest BCUT2D eigenvalue weighted by atomic mass is 9.91. The minimum absolute atomic E-state index is 0.177. The van der Waals surface area contributed by atoms with E-state index in [4.69, 9.17) is 14.0 Å². The summed E-state index contributed by atoms with van der Waals surface area (Å²) in [6.07, 6.45) is 1.87. The van der Waals surface area contributed by atoms with E-state index in [0.29, 0.717) is 10.6 Å². The Labute approximate surface area is 155 Å². The molecule has 0 N–H and O–H groups in total. The van der Waals surface area contributed by atoms with Gasteiger partial charge in [0.25, 0.3) is 0 Å². The first-order valence-corrected chi connectivity index (χ1v) is 9.27. The van der Waals surface area contributed by atoms with Crippen molar-refractivity contribution in [3.8, 4) is 16.2 Å². The van der Waals surface area contributed by atoms with Gasteiger partial charge in [-0.05, 0) is 67.6 Å². The number of ether oxygens (including phenoxy) is 2. The topological polar surface area (TPSA) is 61.6 Å². The van der Waals surface area contributed by atoms with Crippen molar-refractivity contribution >= 4 is 17.3 Å². The van der Waals surface area contributed by atoms with Crippen LogP contribution in [-0.2, 0) is 24.2 Å². The predicted octanol–water partition coefficient (Wildman–Crippen LogP) is 4.48. The van der Waals surface area contributed by atoms with Crippen molar-refractivity contribution in [3.63, 3.8) is 0 Å². The highest BCUT2D eigenvalue weighted by Gasteiger charge is 2.23. The summed E-state index contributed by atoms with van der Waals surface area (Å²) < 4.78 is 15.9. The number of carbonyl (C=O) groups is 1. The van der Waals surface area contributed by atoms with Crippen LogP contribution in [0.25, 0.3) is 10.4 Å². The average molecular weight is 369 g/mol. The summed E-state index contributed by atoms with van der Waals surface area (Å²) in [5.74, 6) is 1.24. The van der Waals surface area contributed by atoms with Crippen molar-refractivity contribution in [1.29, 1.82) is 0 Å². The third-order valence-electron chi connectivity index (χ3n) is 4.76. The number of fused-ring (bicyclic) bond motifs is 3.